The third-order valence-corrected chi connectivity index (χ3v) is 5.46. The number of aromatic nitrogens is 1. The lowest BCUT2D eigenvalue weighted by Crippen LogP contribution is -2.13. The Morgan fingerprint density at radius 1 is 1.40 bits per heavy atom. The number of rotatable bonds is 4. The number of carboxylic acids is 1. The van der Waals surface area contributed by atoms with E-state index in [1.165, 1.54) is 19.9 Å². The maximum absolute atomic E-state index is 12.2. The number of carbonyl (C=O) groups is 1. The lowest BCUT2D eigenvalue weighted by molar-refractivity contribution is 0.0701. The second-order valence-corrected chi connectivity index (χ2v) is 6.86. The number of aryl methyl sites for hydroxylation is 3. The largest absolute Gasteiger partial charge is 0.477 e. The van der Waals surface area contributed by atoms with Crippen LogP contribution in [0.15, 0.2) is 15.5 Å². The molecule has 0 aliphatic carbocycles. The zero-order chi connectivity index (χ0) is 15.1. The highest BCUT2D eigenvalue weighted by molar-refractivity contribution is 7.93. The molecule has 0 spiro atoms. The minimum absolute atomic E-state index is 0.0274. The van der Waals surface area contributed by atoms with E-state index in [2.05, 4.69) is 9.88 Å². The van der Waals surface area contributed by atoms with Gasteiger partial charge in [0.05, 0.1) is 0 Å². The van der Waals surface area contributed by atoms with Crippen molar-refractivity contribution in [3.8, 4) is 0 Å². The normalized spacial score (nSPS) is 11.6. The first kappa shape index (κ1) is 14.5. The predicted molar refractivity (Wildman–Crippen MR) is 72.8 cm³/mol. The topological polar surface area (TPSA) is 110 Å². The van der Waals surface area contributed by atoms with E-state index in [1.54, 1.807) is 6.92 Å². The summed E-state index contributed by atoms with van der Waals surface area (Å²) in [5.41, 5.74) is 0.751. The van der Waals surface area contributed by atoms with E-state index in [0.29, 0.717) is 5.56 Å². The lowest BCUT2D eigenvalue weighted by Gasteiger charge is -2.04. The van der Waals surface area contributed by atoms with E-state index in [1.807, 2.05) is 0 Å². The second-order valence-electron chi connectivity index (χ2n) is 4.19. The van der Waals surface area contributed by atoms with Crippen molar-refractivity contribution >= 4 is 32.3 Å². The number of nitrogens with zero attached hydrogens (tertiary/aromatic N) is 1. The zero-order valence-electron chi connectivity index (χ0n) is 10.9. The zero-order valence-corrected chi connectivity index (χ0v) is 12.6. The van der Waals surface area contributed by atoms with Gasteiger partial charge in [-0.3, -0.25) is 4.72 Å². The highest BCUT2D eigenvalue weighted by Crippen LogP contribution is 2.30. The summed E-state index contributed by atoms with van der Waals surface area (Å²) in [4.78, 5) is 11.0. The molecule has 2 rings (SSSR count). The van der Waals surface area contributed by atoms with Gasteiger partial charge in [0.15, 0.2) is 10.7 Å². The number of sulfonamides is 1. The molecule has 9 heteroatoms. The van der Waals surface area contributed by atoms with Crippen molar-refractivity contribution in [2.45, 2.75) is 25.7 Å². The Morgan fingerprint density at radius 2 is 2.05 bits per heavy atom. The van der Waals surface area contributed by atoms with Gasteiger partial charge in [-0.1, -0.05) is 5.16 Å². The lowest BCUT2D eigenvalue weighted by atomic mass is 10.3. The molecule has 108 valence electrons. The second kappa shape index (κ2) is 4.91. The van der Waals surface area contributed by atoms with Gasteiger partial charge in [0.2, 0.25) is 0 Å². The number of thiophene rings is 1. The van der Waals surface area contributed by atoms with Crippen LogP contribution in [0.25, 0.3) is 0 Å². The van der Waals surface area contributed by atoms with Crippen molar-refractivity contribution < 1.29 is 22.8 Å². The molecule has 20 heavy (non-hydrogen) atoms. The summed E-state index contributed by atoms with van der Waals surface area (Å²) in [5, 5.41) is 12.8. The Kier molecular flexibility index (Phi) is 3.57. The molecule has 0 unspecified atom stereocenters. The molecule has 7 nitrogen and oxygen atoms in total. The fourth-order valence-electron chi connectivity index (χ4n) is 1.79. The highest BCUT2D eigenvalue weighted by atomic mass is 32.2. The molecule has 0 saturated heterocycles. The fraction of sp³-hybridized carbons (Fsp3) is 0.273. The van der Waals surface area contributed by atoms with Gasteiger partial charge in [0, 0.05) is 0 Å². The number of aromatic carboxylic acids is 1. The summed E-state index contributed by atoms with van der Waals surface area (Å²) in [6.07, 6.45) is 0. The maximum Gasteiger partial charge on any atom is 0.346 e. The van der Waals surface area contributed by atoms with Gasteiger partial charge in [-0.05, 0) is 32.4 Å². The van der Waals surface area contributed by atoms with Crippen LogP contribution in [0.1, 0.15) is 26.7 Å². The van der Waals surface area contributed by atoms with E-state index < -0.39 is 16.0 Å². The van der Waals surface area contributed by atoms with Crippen LogP contribution in [-0.2, 0) is 10.0 Å². The van der Waals surface area contributed by atoms with Crippen molar-refractivity contribution in [1.29, 1.82) is 0 Å². The monoisotopic (exact) mass is 316 g/mol. The SMILES string of the molecule is Cc1cc(NS(=O)(=O)c2c(C)noc2C)sc1C(=O)O. The van der Waals surface area contributed by atoms with Gasteiger partial charge in [-0.2, -0.15) is 0 Å². The molecule has 0 aliphatic rings. The quantitative estimate of drug-likeness (QED) is 0.894. The standard InChI is InChI=1S/C11H12N2O5S2/c1-5-4-8(19-9(5)11(14)15)13-20(16,17)10-6(2)12-18-7(10)3/h4,13H,1-3H3,(H,14,15). The smallest absolute Gasteiger partial charge is 0.346 e. The number of carboxylic acid groups (broad SMARTS) is 1. The van der Waals surface area contributed by atoms with Crippen LogP contribution >= 0.6 is 11.3 Å². The number of nitrogens with one attached hydrogen (secondary N) is 1. The molecule has 0 bridgehead atoms. The van der Waals surface area contributed by atoms with E-state index in [9.17, 15) is 13.2 Å². The summed E-state index contributed by atoms with van der Waals surface area (Å²) in [5.74, 6) is -0.906. The molecular weight excluding hydrogens is 304 g/mol. The Hall–Kier alpha value is -1.87. The van der Waals surface area contributed by atoms with E-state index in [-0.39, 0.29) is 26.2 Å². The number of anilines is 1. The van der Waals surface area contributed by atoms with Crippen molar-refractivity contribution in [2.24, 2.45) is 0 Å². The van der Waals surface area contributed by atoms with Crippen LogP contribution in [0.2, 0.25) is 0 Å². The Balaban J connectivity index is 2.39. The molecule has 2 heterocycles. The Morgan fingerprint density at radius 3 is 2.50 bits per heavy atom. The third kappa shape index (κ3) is 2.54. The summed E-state index contributed by atoms with van der Waals surface area (Å²) < 4.78 is 31.7. The first-order valence-corrected chi connectivity index (χ1v) is 7.81. The molecule has 0 radical (unpaired) electrons. The average Bonchev–Trinajstić information content (AvgIpc) is 2.82. The molecule has 2 aromatic rings. The van der Waals surface area contributed by atoms with Crippen LogP contribution in [0, 0.1) is 20.8 Å². The van der Waals surface area contributed by atoms with E-state index in [4.69, 9.17) is 9.63 Å². The van der Waals surface area contributed by atoms with Gasteiger partial charge in [0.1, 0.15) is 15.6 Å². The van der Waals surface area contributed by atoms with Gasteiger partial charge < -0.3 is 9.63 Å². The molecule has 0 aromatic carbocycles. The van der Waals surface area contributed by atoms with Crippen LogP contribution < -0.4 is 4.72 Å². The molecule has 0 aliphatic heterocycles. The first-order valence-electron chi connectivity index (χ1n) is 5.52. The molecule has 0 atom stereocenters. The molecular formula is C11H12N2O5S2. The van der Waals surface area contributed by atoms with Crippen molar-refractivity contribution in [3.63, 3.8) is 0 Å². The first-order chi connectivity index (χ1) is 9.22. The van der Waals surface area contributed by atoms with Crippen LogP contribution in [0.5, 0.6) is 0 Å². The molecule has 2 aromatic heterocycles. The third-order valence-electron chi connectivity index (χ3n) is 2.58. The van der Waals surface area contributed by atoms with Crippen LogP contribution in [0.4, 0.5) is 5.00 Å². The number of hydrogen-bond acceptors (Lipinski definition) is 6. The molecule has 0 fully saturated rings. The summed E-state index contributed by atoms with van der Waals surface area (Å²) in [6, 6.07) is 1.48. The Labute approximate surface area is 119 Å². The Bertz CT molecular complexity index is 753. The minimum Gasteiger partial charge on any atom is -0.477 e. The van der Waals surface area contributed by atoms with E-state index >= 15 is 0 Å². The van der Waals surface area contributed by atoms with Crippen molar-refractivity contribution in [1.82, 2.24) is 5.16 Å². The van der Waals surface area contributed by atoms with Crippen molar-refractivity contribution in [3.05, 3.63) is 28.0 Å². The molecule has 2 N–H and O–H groups in total. The van der Waals surface area contributed by atoms with Crippen molar-refractivity contribution in [2.75, 3.05) is 4.72 Å². The fourth-order valence-corrected chi connectivity index (χ4v) is 4.31. The molecule has 0 saturated carbocycles. The van der Waals surface area contributed by atoms with Gasteiger partial charge in [-0.25, -0.2) is 13.2 Å². The van der Waals surface area contributed by atoms with Crippen LogP contribution in [0.3, 0.4) is 0 Å². The average molecular weight is 316 g/mol. The maximum atomic E-state index is 12.2. The van der Waals surface area contributed by atoms with E-state index in [0.717, 1.165) is 11.3 Å². The number of hydrogen-bond donors (Lipinski definition) is 2. The van der Waals surface area contributed by atoms with Gasteiger partial charge in [0.25, 0.3) is 10.0 Å². The minimum atomic E-state index is -3.85. The molecule has 0 amide bonds. The summed E-state index contributed by atoms with van der Waals surface area (Å²) in [7, 11) is -3.85. The summed E-state index contributed by atoms with van der Waals surface area (Å²) in [6.45, 7) is 4.62. The summed E-state index contributed by atoms with van der Waals surface area (Å²) >= 11 is 0.863. The van der Waals surface area contributed by atoms with Crippen LogP contribution in [-0.4, -0.2) is 24.7 Å². The van der Waals surface area contributed by atoms with Gasteiger partial charge in [-0.15, -0.1) is 11.3 Å². The highest BCUT2D eigenvalue weighted by Gasteiger charge is 2.25. The predicted octanol–water partition coefficient (Wildman–Crippen LogP) is 2.16. The van der Waals surface area contributed by atoms with Gasteiger partial charge >= 0.3 is 5.97 Å².